The normalized spacial score (nSPS) is 15.7. The first kappa shape index (κ1) is 17.9. The number of hydrogen-bond acceptors (Lipinski definition) is 3. The number of nitrogens with zero attached hydrogens (tertiary/aromatic N) is 2. The van der Waals surface area contributed by atoms with Crippen LogP contribution in [0.1, 0.15) is 17.0 Å². The number of fused-ring (bicyclic) bond motifs is 1. The molecule has 2 amide bonds. The summed E-state index contributed by atoms with van der Waals surface area (Å²) in [6, 6.07) is 11.4. The fraction of sp³-hybridized carbons (Fsp3) is 0.190. The quantitative estimate of drug-likeness (QED) is 0.686. The number of aromatic nitrogens is 2. The number of anilines is 2. The van der Waals surface area contributed by atoms with Crippen molar-refractivity contribution in [3.05, 3.63) is 71.6 Å². The van der Waals surface area contributed by atoms with Crippen LogP contribution in [0.4, 0.5) is 15.8 Å². The molecule has 0 radical (unpaired) electrons. The van der Waals surface area contributed by atoms with Crippen LogP contribution in [0.3, 0.4) is 0 Å². The Bertz CT molecular complexity index is 1070. The molecule has 0 bridgehead atoms. The average Bonchev–Trinajstić information content (AvgIpc) is 3.01. The SMILES string of the molecule is Cc1ncn(-c2ccc(NC(=O)C3Cc4cc(F)ccc4NC3=O)cc2)c1C. The van der Waals surface area contributed by atoms with Crippen LogP contribution in [-0.4, -0.2) is 21.4 Å². The Balaban J connectivity index is 1.49. The van der Waals surface area contributed by atoms with Crippen LogP contribution >= 0.6 is 0 Å². The van der Waals surface area contributed by atoms with Crippen molar-refractivity contribution in [1.82, 2.24) is 9.55 Å². The van der Waals surface area contributed by atoms with Gasteiger partial charge in [-0.2, -0.15) is 0 Å². The first-order valence-electron chi connectivity index (χ1n) is 8.93. The third kappa shape index (κ3) is 3.26. The Labute approximate surface area is 161 Å². The third-order valence-electron chi connectivity index (χ3n) is 5.05. The highest BCUT2D eigenvalue weighted by molar-refractivity contribution is 6.12. The average molecular weight is 378 g/mol. The second kappa shape index (κ2) is 6.92. The molecule has 7 heteroatoms. The molecular weight excluding hydrogens is 359 g/mol. The zero-order chi connectivity index (χ0) is 19.8. The van der Waals surface area contributed by atoms with Crippen LogP contribution in [0.2, 0.25) is 0 Å². The number of halogens is 1. The molecule has 28 heavy (non-hydrogen) atoms. The van der Waals surface area contributed by atoms with E-state index < -0.39 is 23.5 Å². The minimum absolute atomic E-state index is 0.163. The first-order chi connectivity index (χ1) is 13.4. The number of carbonyl (C=O) groups excluding carboxylic acids is 2. The minimum Gasteiger partial charge on any atom is -0.325 e. The molecule has 1 atom stereocenters. The summed E-state index contributed by atoms with van der Waals surface area (Å²) in [5.41, 5.74) is 4.67. The van der Waals surface area contributed by atoms with Crippen molar-refractivity contribution in [3.8, 4) is 5.69 Å². The van der Waals surface area contributed by atoms with Crippen LogP contribution in [0, 0.1) is 25.6 Å². The smallest absolute Gasteiger partial charge is 0.237 e. The number of amides is 2. The summed E-state index contributed by atoms with van der Waals surface area (Å²) < 4.78 is 15.4. The Hall–Kier alpha value is -3.48. The number of rotatable bonds is 3. The van der Waals surface area contributed by atoms with Crippen molar-refractivity contribution in [1.29, 1.82) is 0 Å². The predicted molar refractivity (Wildman–Crippen MR) is 104 cm³/mol. The third-order valence-corrected chi connectivity index (χ3v) is 5.05. The van der Waals surface area contributed by atoms with Gasteiger partial charge in [-0.05, 0) is 68.3 Å². The number of aryl methyl sites for hydroxylation is 1. The Morgan fingerprint density at radius 2 is 1.96 bits per heavy atom. The fourth-order valence-corrected chi connectivity index (χ4v) is 3.29. The van der Waals surface area contributed by atoms with E-state index in [1.807, 2.05) is 30.5 Å². The van der Waals surface area contributed by atoms with E-state index in [0.717, 1.165) is 17.1 Å². The lowest BCUT2D eigenvalue weighted by atomic mass is 9.92. The minimum atomic E-state index is -0.910. The lowest BCUT2D eigenvalue weighted by Crippen LogP contribution is -2.38. The van der Waals surface area contributed by atoms with Gasteiger partial charge in [-0.25, -0.2) is 9.37 Å². The molecule has 1 aliphatic rings. The van der Waals surface area contributed by atoms with E-state index in [0.29, 0.717) is 16.9 Å². The summed E-state index contributed by atoms with van der Waals surface area (Å²) in [7, 11) is 0. The van der Waals surface area contributed by atoms with Crippen molar-refractivity contribution in [2.75, 3.05) is 10.6 Å². The molecule has 6 nitrogen and oxygen atoms in total. The zero-order valence-electron chi connectivity index (χ0n) is 15.5. The van der Waals surface area contributed by atoms with Gasteiger partial charge in [0.15, 0.2) is 0 Å². The summed E-state index contributed by atoms with van der Waals surface area (Å²) in [5.74, 6) is -2.12. The van der Waals surface area contributed by atoms with E-state index in [-0.39, 0.29) is 6.42 Å². The Morgan fingerprint density at radius 1 is 1.21 bits per heavy atom. The summed E-state index contributed by atoms with van der Waals surface area (Å²) in [4.78, 5) is 29.2. The zero-order valence-corrected chi connectivity index (χ0v) is 15.5. The molecule has 0 aliphatic carbocycles. The summed E-state index contributed by atoms with van der Waals surface area (Å²) in [6.07, 6.45) is 1.91. The van der Waals surface area contributed by atoms with E-state index >= 15 is 0 Å². The van der Waals surface area contributed by atoms with Gasteiger partial charge < -0.3 is 15.2 Å². The molecule has 1 unspecified atom stereocenters. The van der Waals surface area contributed by atoms with Crippen molar-refractivity contribution >= 4 is 23.2 Å². The number of benzene rings is 2. The molecule has 2 heterocycles. The van der Waals surface area contributed by atoms with Gasteiger partial charge in [0.1, 0.15) is 11.7 Å². The molecule has 1 aromatic heterocycles. The standard InChI is InChI=1S/C21H19FN4O2/c1-12-13(2)26(11-23-12)17-6-4-16(5-7-17)24-20(27)18-10-14-9-15(22)3-8-19(14)25-21(18)28/h3-9,11,18H,10H2,1-2H3,(H,24,27)(H,25,28). The molecule has 0 fully saturated rings. The second-order valence-corrected chi connectivity index (χ2v) is 6.87. The number of imidazole rings is 1. The Morgan fingerprint density at radius 3 is 2.64 bits per heavy atom. The van der Waals surface area contributed by atoms with Gasteiger partial charge in [-0.3, -0.25) is 9.59 Å². The van der Waals surface area contributed by atoms with Gasteiger partial charge >= 0.3 is 0 Å². The maximum absolute atomic E-state index is 13.5. The molecule has 0 spiro atoms. The molecule has 3 aromatic rings. The van der Waals surface area contributed by atoms with Gasteiger partial charge in [0.2, 0.25) is 11.8 Å². The van der Waals surface area contributed by atoms with Gasteiger partial charge in [-0.1, -0.05) is 0 Å². The van der Waals surface area contributed by atoms with Gasteiger partial charge in [-0.15, -0.1) is 0 Å². The molecule has 4 rings (SSSR count). The van der Waals surface area contributed by atoms with E-state index in [1.165, 1.54) is 18.2 Å². The van der Waals surface area contributed by atoms with Gasteiger partial charge in [0.25, 0.3) is 0 Å². The maximum Gasteiger partial charge on any atom is 0.237 e. The first-order valence-corrected chi connectivity index (χ1v) is 8.93. The van der Waals surface area contributed by atoms with Crippen LogP contribution in [-0.2, 0) is 16.0 Å². The lowest BCUT2D eigenvalue weighted by molar-refractivity contribution is -0.129. The molecule has 1 aliphatic heterocycles. The van der Waals surface area contributed by atoms with E-state index in [9.17, 15) is 14.0 Å². The molecule has 2 aromatic carbocycles. The molecule has 0 saturated heterocycles. The number of hydrogen-bond donors (Lipinski definition) is 2. The Kier molecular flexibility index (Phi) is 4.43. The lowest BCUT2D eigenvalue weighted by Gasteiger charge is -2.24. The second-order valence-electron chi connectivity index (χ2n) is 6.87. The molecule has 0 saturated carbocycles. The van der Waals surface area contributed by atoms with E-state index in [2.05, 4.69) is 15.6 Å². The highest BCUT2D eigenvalue weighted by Crippen LogP contribution is 2.27. The van der Waals surface area contributed by atoms with Crippen molar-refractivity contribution in [2.24, 2.45) is 5.92 Å². The fourth-order valence-electron chi connectivity index (χ4n) is 3.29. The summed E-state index contributed by atoms with van der Waals surface area (Å²) >= 11 is 0. The van der Waals surface area contributed by atoms with Crippen molar-refractivity contribution in [2.45, 2.75) is 20.3 Å². The van der Waals surface area contributed by atoms with Crippen LogP contribution in [0.15, 0.2) is 48.8 Å². The monoisotopic (exact) mass is 378 g/mol. The summed E-state index contributed by atoms with van der Waals surface area (Å²) in [5, 5.41) is 5.43. The van der Waals surface area contributed by atoms with Gasteiger partial charge in [0.05, 0.1) is 12.0 Å². The highest BCUT2D eigenvalue weighted by Gasteiger charge is 2.32. The maximum atomic E-state index is 13.5. The largest absolute Gasteiger partial charge is 0.325 e. The van der Waals surface area contributed by atoms with Gasteiger partial charge in [0, 0.05) is 22.8 Å². The van der Waals surface area contributed by atoms with Crippen molar-refractivity contribution < 1.29 is 14.0 Å². The van der Waals surface area contributed by atoms with Crippen molar-refractivity contribution in [3.63, 3.8) is 0 Å². The molecular formula is C21H19FN4O2. The number of nitrogens with one attached hydrogen (secondary N) is 2. The van der Waals surface area contributed by atoms with Crippen LogP contribution < -0.4 is 10.6 Å². The summed E-state index contributed by atoms with van der Waals surface area (Å²) in [6.45, 7) is 3.93. The topological polar surface area (TPSA) is 76.0 Å². The molecule has 142 valence electrons. The number of carbonyl (C=O) groups is 2. The predicted octanol–water partition coefficient (Wildman–Crippen LogP) is 3.38. The molecule has 2 N–H and O–H groups in total. The van der Waals surface area contributed by atoms with Crippen LogP contribution in [0.5, 0.6) is 0 Å². The van der Waals surface area contributed by atoms with E-state index in [1.54, 1.807) is 18.5 Å². The van der Waals surface area contributed by atoms with E-state index in [4.69, 9.17) is 0 Å². The highest BCUT2D eigenvalue weighted by atomic mass is 19.1. The van der Waals surface area contributed by atoms with Crippen LogP contribution in [0.25, 0.3) is 5.69 Å².